The van der Waals surface area contributed by atoms with E-state index in [4.69, 9.17) is 0 Å². The summed E-state index contributed by atoms with van der Waals surface area (Å²) >= 11 is 0. The number of amides is 1. The van der Waals surface area contributed by atoms with E-state index in [0.717, 1.165) is 5.56 Å². The van der Waals surface area contributed by atoms with E-state index in [1.807, 2.05) is 6.07 Å². The third-order valence-corrected chi connectivity index (χ3v) is 3.01. The van der Waals surface area contributed by atoms with Gasteiger partial charge >= 0.3 is 0 Å². The van der Waals surface area contributed by atoms with Gasteiger partial charge in [-0.1, -0.05) is 18.2 Å². The van der Waals surface area contributed by atoms with Crippen LogP contribution in [0.4, 0.5) is 10.1 Å². The molecular weight excluding hydrogens is 257 g/mol. The summed E-state index contributed by atoms with van der Waals surface area (Å²) < 4.78 is 13.7. The Morgan fingerprint density at radius 1 is 1.10 bits per heavy atom. The predicted octanol–water partition coefficient (Wildman–Crippen LogP) is 3.59. The van der Waals surface area contributed by atoms with Crippen LogP contribution in [0.2, 0.25) is 0 Å². The van der Waals surface area contributed by atoms with E-state index in [1.54, 1.807) is 25.1 Å². The van der Waals surface area contributed by atoms with Crippen LogP contribution in [0.5, 0.6) is 0 Å². The lowest BCUT2D eigenvalue weighted by Crippen LogP contribution is -2.14. The molecule has 1 N–H and O–H groups in total. The van der Waals surface area contributed by atoms with Crippen LogP contribution < -0.4 is 5.32 Å². The van der Waals surface area contributed by atoms with Crippen molar-refractivity contribution in [3.63, 3.8) is 0 Å². The Balaban J connectivity index is 2.30. The Morgan fingerprint density at radius 3 is 2.45 bits per heavy atom. The SMILES string of the molecule is CC(=O)c1ccc(F)c(NC(=O)c2ccccc2C)c1. The zero-order valence-corrected chi connectivity index (χ0v) is 11.2. The Hall–Kier alpha value is -2.49. The Morgan fingerprint density at radius 2 is 1.80 bits per heavy atom. The molecule has 0 aliphatic carbocycles. The zero-order chi connectivity index (χ0) is 14.7. The number of halogens is 1. The maximum atomic E-state index is 13.7. The highest BCUT2D eigenvalue weighted by Crippen LogP contribution is 2.18. The van der Waals surface area contributed by atoms with E-state index in [2.05, 4.69) is 5.32 Å². The van der Waals surface area contributed by atoms with E-state index in [1.165, 1.54) is 25.1 Å². The number of ketones is 1. The fourth-order valence-electron chi connectivity index (χ4n) is 1.86. The number of anilines is 1. The Kier molecular flexibility index (Phi) is 3.94. The van der Waals surface area contributed by atoms with Crippen LogP contribution in [-0.2, 0) is 0 Å². The van der Waals surface area contributed by atoms with Crippen molar-refractivity contribution in [3.05, 3.63) is 65.0 Å². The first-order valence-electron chi connectivity index (χ1n) is 6.16. The molecule has 0 saturated heterocycles. The molecule has 0 saturated carbocycles. The molecule has 2 aromatic carbocycles. The van der Waals surface area contributed by atoms with Crippen LogP contribution in [0.3, 0.4) is 0 Å². The first-order valence-corrected chi connectivity index (χ1v) is 6.16. The van der Waals surface area contributed by atoms with E-state index >= 15 is 0 Å². The second kappa shape index (κ2) is 5.65. The molecule has 0 bridgehead atoms. The number of hydrogen-bond acceptors (Lipinski definition) is 2. The Bertz CT molecular complexity index is 680. The van der Waals surface area contributed by atoms with Gasteiger partial charge < -0.3 is 5.32 Å². The molecule has 102 valence electrons. The van der Waals surface area contributed by atoms with Gasteiger partial charge in [-0.05, 0) is 43.7 Å². The first-order chi connectivity index (χ1) is 9.49. The minimum absolute atomic E-state index is 0.00551. The third-order valence-electron chi connectivity index (χ3n) is 3.01. The molecule has 0 heterocycles. The van der Waals surface area contributed by atoms with Gasteiger partial charge in [0.1, 0.15) is 5.82 Å². The minimum Gasteiger partial charge on any atom is -0.319 e. The molecule has 0 fully saturated rings. The number of carbonyl (C=O) groups is 2. The molecule has 0 unspecified atom stereocenters. The molecule has 0 aliphatic heterocycles. The van der Waals surface area contributed by atoms with Crippen LogP contribution in [0.1, 0.15) is 33.2 Å². The molecule has 1 amide bonds. The molecule has 2 aromatic rings. The summed E-state index contributed by atoms with van der Waals surface area (Å²) in [7, 11) is 0. The van der Waals surface area contributed by atoms with E-state index < -0.39 is 11.7 Å². The predicted molar refractivity (Wildman–Crippen MR) is 75.5 cm³/mol. The van der Waals surface area contributed by atoms with E-state index in [-0.39, 0.29) is 11.5 Å². The number of hydrogen-bond donors (Lipinski definition) is 1. The lowest BCUT2D eigenvalue weighted by molar-refractivity contribution is 0.101. The number of carbonyl (C=O) groups excluding carboxylic acids is 2. The van der Waals surface area contributed by atoms with Crippen molar-refractivity contribution in [1.29, 1.82) is 0 Å². The van der Waals surface area contributed by atoms with Gasteiger partial charge in [0.25, 0.3) is 5.91 Å². The van der Waals surface area contributed by atoms with Crippen LogP contribution in [0.25, 0.3) is 0 Å². The highest BCUT2D eigenvalue weighted by molar-refractivity contribution is 6.06. The largest absolute Gasteiger partial charge is 0.319 e. The summed E-state index contributed by atoms with van der Waals surface area (Å²) in [4.78, 5) is 23.4. The second-order valence-electron chi connectivity index (χ2n) is 4.52. The summed E-state index contributed by atoms with van der Waals surface area (Å²) in [5.74, 6) is -1.16. The van der Waals surface area contributed by atoms with Gasteiger partial charge in [-0.3, -0.25) is 9.59 Å². The van der Waals surface area contributed by atoms with Crippen molar-refractivity contribution in [3.8, 4) is 0 Å². The van der Waals surface area contributed by atoms with Gasteiger partial charge in [-0.25, -0.2) is 4.39 Å². The zero-order valence-electron chi connectivity index (χ0n) is 11.2. The van der Waals surface area contributed by atoms with Crippen molar-refractivity contribution < 1.29 is 14.0 Å². The van der Waals surface area contributed by atoms with Crippen molar-refractivity contribution in [1.82, 2.24) is 0 Å². The standard InChI is InChI=1S/C16H14FNO2/c1-10-5-3-4-6-13(10)16(20)18-15-9-12(11(2)19)7-8-14(15)17/h3-9H,1-2H3,(H,18,20). The summed E-state index contributed by atoms with van der Waals surface area (Å²) in [5, 5.41) is 2.50. The maximum Gasteiger partial charge on any atom is 0.256 e. The van der Waals surface area contributed by atoms with Crippen LogP contribution >= 0.6 is 0 Å². The first kappa shape index (κ1) is 13.9. The fourth-order valence-corrected chi connectivity index (χ4v) is 1.86. The van der Waals surface area contributed by atoms with Gasteiger partial charge in [-0.15, -0.1) is 0 Å². The highest BCUT2D eigenvalue weighted by atomic mass is 19.1. The number of aryl methyl sites for hydroxylation is 1. The molecule has 20 heavy (non-hydrogen) atoms. The molecule has 0 atom stereocenters. The molecule has 4 heteroatoms. The van der Waals surface area contributed by atoms with E-state index in [0.29, 0.717) is 11.1 Å². The Labute approximate surface area is 116 Å². The molecule has 0 radical (unpaired) electrons. The van der Waals surface area contributed by atoms with Crippen LogP contribution in [-0.4, -0.2) is 11.7 Å². The number of nitrogens with one attached hydrogen (secondary N) is 1. The molecule has 2 rings (SSSR count). The number of Topliss-reactive ketones (excluding diaryl/α,β-unsaturated/α-hetero) is 1. The van der Waals surface area contributed by atoms with Crippen molar-refractivity contribution in [2.24, 2.45) is 0 Å². The smallest absolute Gasteiger partial charge is 0.256 e. The average Bonchev–Trinajstić information content (AvgIpc) is 2.41. The maximum absolute atomic E-state index is 13.7. The van der Waals surface area contributed by atoms with Crippen molar-refractivity contribution in [2.45, 2.75) is 13.8 Å². The summed E-state index contributed by atoms with van der Waals surface area (Å²) in [6.45, 7) is 3.19. The van der Waals surface area contributed by atoms with E-state index in [9.17, 15) is 14.0 Å². The van der Waals surface area contributed by atoms with Gasteiger partial charge in [0.15, 0.2) is 5.78 Å². The van der Waals surface area contributed by atoms with Gasteiger partial charge in [-0.2, -0.15) is 0 Å². The summed E-state index contributed by atoms with van der Waals surface area (Å²) in [6.07, 6.45) is 0. The van der Waals surface area contributed by atoms with Crippen LogP contribution in [0, 0.1) is 12.7 Å². The fraction of sp³-hybridized carbons (Fsp3) is 0.125. The average molecular weight is 271 g/mol. The number of rotatable bonds is 3. The molecular formula is C16H14FNO2. The minimum atomic E-state index is -0.572. The quantitative estimate of drug-likeness (QED) is 0.867. The lowest BCUT2D eigenvalue weighted by atomic mass is 10.1. The topological polar surface area (TPSA) is 46.2 Å². The van der Waals surface area contributed by atoms with Crippen molar-refractivity contribution >= 4 is 17.4 Å². The number of benzene rings is 2. The molecule has 0 aromatic heterocycles. The molecule has 0 spiro atoms. The van der Waals surface area contributed by atoms with Gasteiger partial charge in [0.2, 0.25) is 0 Å². The molecule has 0 aliphatic rings. The van der Waals surface area contributed by atoms with Gasteiger partial charge in [0.05, 0.1) is 5.69 Å². The summed E-state index contributed by atoms with van der Waals surface area (Å²) in [5.41, 5.74) is 1.63. The highest BCUT2D eigenvalue weighted by Gasteiger charge is 2.12. The third kappa shape index (κ3) is 2.91. The molecule has 3 nitrogen and oxygen atoms in total. The van der Waals surface area contributed by atoms with Gasteiger partial charge in [0, 0.05) is 11.1 Å². The monoisotopic (exact) mass is 271 g/mol. The normalized spacial score (nSPS) is 10.2. The summed E-state index contributed by atoms with van der Waals surface area (Å²) in [6, 6.07) is 10.9. The lowest BCUT2D eigenvalue weighted by Gasteiger charge is -2.09. The second-order valence-corrected chi connectivity index (χ2v) is 4.52. The van der Waals surface area contributed by atoms with Crippen molar-refractivity contribution in [2.75, 3.05) is 5.32 Å². The van der Waals surface area contributed by atoms with Crippen LogP contribution in [0.15, 0.2) is 42.5 Å².